The molecule has 0 aliphatic rings. The lowest BCUT2D eigenvalue weighted by atomic mass is 10.0. The molecule has 2 atom stereocenters. The monoisotopic (exact) mass is 335 g/mol. The molecule has 1 N–H and O–H groups in total. The molecule has 108 valence electrons. The molecule has 0 fully saturated rings. The van der Waals surface area contributed by atoms with Gasteiger partial charge < -0.3 is 5.32 Å². The fourth-order valence-corrected chi connectivity index (χ4v) is 2.84. The van der Waals surface area contributed by atoms with Crippen LogP contribution in [-0.4, -0.2) is 9.78 Å². The van der Waals surface area contributed by atoms with Gasteiger partial charge >= 0.3 is 0 Å². The van der Waals surface area contributed by atoms with Gasteiger partial charge in [-0.25, -0.2) is 0 Å². The molecule has 0 aliphatic carbocycles. The summed E-state index contributed by atoms with van der Waals surface area (Å²) < 4.78 is 3.00. The first-order valence-corrected chi connectivity index (χ1v) is 7.82. The van der Waals surface area contributed by atoms with Crippen LogP contribution in [0.5, 0.6) is 0 Å². The number of aromatic nitrogens is 2. The molecule has 2 aromatic rings. The lowest BCUT2D eigenvalue weighted by molar-refractivity contribution is 0.455. The summed E-state index contributed by atoms with van der Waals surface area (Å²) in [5.74, 6) is 0. The second-order valence-corrected chi connectivity index (χ2v) is 6.16. The van der Waals surface area contributed by atoms with E-state index in [2.05, 4.69) is 77.6 Å². The van der Waals surface area contributed by atoms with E-state index < -0.39 is 0 Å². The smallest absolute Gasteiger partial charge is 0.0641 e. The van der Waals surface area contributed by atoms with Gasteiger partial charge in [-0.15, -0.1) is 0 Å². The van der Waals surface area contributed by atoms with Gasteiger partial charge in [-0.2, -0.15) is 5.10 Å². The van der Waals surface area contributed by atoms with Crippen molar-refractivity contribution in [2.45, 2.75) is 39.3 Å². The van der Waals surface area contributed by atoms with Crippen molar-refractivity contribution in [1.29, 1.82) is 0 Å². The molecule has 1 aromatic heterocycles. The molecule has 0 saturated heterocycles. The van der Waals surface area contributed by atoms with E-state index >= 15 is 0 Å². The molecule has 0 bridgehead atoms. The van der Waals surface area contributed by atoms with Crippen LogP contribution in [0.2, 0.25) is 0 Å². The Morgan fingerprint density at radius 1 is 1.30 bits per heavy atom. The second-order valence-electron chi connectivity index (χ2n) is 5.24. The molecule has 2 rings (SSSR count). The molecule has 3 nitrogen and oxygen atoms in total. The summed E-state index contributed by atoms with van der Waals surface area (Å²) in [5, 5.41) is 8.12. The maximum absolute atomic E-state index is 4.42. The largest absolute Gasteiger partial charge is 0.303 e. The van der Waals surface area contributed by atoms with Gasteiger partial charge in [0.15, 0.2) is 0 Å². The maximum atomic E-state index is 4.42. The van der Waals surface area contributed by atoms with E-state index in [1.807, 2.05) is 11.7 Å². The van der Waals surface area contributed by atoms with Gasteiger partial charge in [-0.05, 0) is 38.0 Å². The van der Waals surface area contributed by atoms with Crippen LogP contribution < -0.4 is 5.32 Å². The zero-order chi connectivity index (χ0) is 14.7. The van der Waals surface area contributed by atoms with E-state index in [4.69, 9.17) is 0 Å². The molecular weight excluding hydrogens is 314 g/mol. The third kappa shape index (κ3) is 3.49. The van der Waals surface area contributed by atoms with Crippen molar-refractivity contribution in [2.24, 2.45) is 7.05 Å². The summed E-state index contributed by atoms with van der Waals surface area (Å²) in [4.78, 5) is 0. The van der Waals surface area contributed by atoms with Crippen molar-refractivity contribution >= 4 is 15.9 Å². The van der Waals surface area contributed by atoms with E-state index in [1.165, 1.54) is 11.1 Å². The fraction of sp³-hybridized carbons (Fsp3) is 0.438. The summed E-state index contributed by atoms with van der Waals surface area (Å²) >= 11 is 3.48. The third-order valence-electron chi connectivity index (χ3n) is 3.65. The van der Waals surface area contributed by atoms with Crippen LogP contribution in [0.1, 0.15) is 49.2 Å². The summed E-state index contributed by atoms with van der Waals surface area (Å²) in [5.41, 5.74) is 3.69. The molecule has 0 spiro atoms. The van der Waals surface area contributed by atoms with E-state index in [9.17, 15) is 0 Å². The van der Waals surface area contributed by atoms with Crippen LogP contribution >= 0.6 is 15.9 Å². The van der Waals surface area contributed by atoms with Gasteiger partial charge in [0.1, 0.15) is 0 Å². The summed E-state index contributed by atoms with van der Waals surface area (Å²) in [7, 11) is 1.97. The first-order valence-electron chi connectivity index (χ1n) is 7.03. The van der Waals surface area contributed by atoms with Crippen LogP contribution in [0.15, 0.2) is 34.9 Å². The standard InChI is InChI=1S/C16H22BrN3/c1-5-16(13-6-8-14(17)9-7-13)18-11(2)15-10-20(4)19-12(15)3/h6-11,16,18H,5H2,1-4H3. The number of hydrogen-bond acceptors (Lipinski definition) is 2. The first-order chi connectivity index (χ1) is 9.51. The number of hydrogen-bond donors (Lipinski definition) is 1. The van der Waals surface area contributed by atoms with Gasteiger partial charge in [0, 0.05) is 35.4 Å². The Kier molecular flexibility index (Phi) is 5.00. The molecule has 20 heavy (non-hydrogen) atoms. The third-order valence-corrected chi connectivity index (χ3v) is 4.18. The predicted octanol–water partition coefficient (Wildman–Crippen LogP) is 4.29. The van der Waals surface area contributed by atoms with Gasteiger partial charge in [0.05, 0.1) is 5.69 Å². The Hall–Kier alpha value is -1.13. The van der Waals surface area contributed by atoms with E-state index in [-0.39, 0.29) is 6.04 Å². The van der Waals surface area contributed by atoms with Crippen molar-refractivity contribution in [3.63, 3.8) is 0 Å². The molecule has 1 heterocycles. The molecule has 0 radical (unpaired) electrons. The van der Waals surface area contributed by atoms with Crippen molar-refractivity contribution in [3.8, 4) is 0 Å². The number of nitrogens with one attached hydrogen (secondary N) is 1. The minimum atomic E-state index is 0.289. The lowest BCUT2D eigenvalue weighted by Gasteiger charge is -2.22. The lowest BCUT2D eigenvalue weighted by Crippen LogP contribution is -2.24. The number of halogens is 1. The molecule has 0 amide bonds. The predicted molar refractivity (Wildman–Crippen MR) is 86.7 cm³/mol. The average molecular weight is 336 g/mol. The Labute approximate surface area is 129 Å². The topological polar surface area (TPSA) is 29.9 Å². The van der Waals surface area contributed by atoms with E-state index in [0.717, 1.165) is 16.6 Å². The normalized spacial score (nSPS) is 14.2. The Morgan fingerprint density at radius 2 is 1.95 bits per heavy atom. The van der Waals surface area contributed by atoms with Gasteiger partial charge in [-0.1, -0.05) is 35.0 Å². The summed E-state index contributed by atoms with van der Waals surface area (Å²) in [6, 6.07) is 9.19. The molecule has 1 aromatic carbocycles. The Bertz CT molecular complexity index is 560. The number of nitrogens with zero attached hydrogens (tertiary/aromatic N) is 2. The second kappa shape index (κ2) is 6.55. The van der Waals surface area contributed by atoms with Crippen LogP contribution in [0.25, 0.3) is 0 Å². The SMILES string of the molecule is CCC(NC(C)c1cn(C)nc1C)c1ccc(Br)cc1. The summed E-state index contributed by atoms with van der Waals surface area (Å²) in [6.07, 6.45) is 3.16. The fourth-order valence-electron chi connectivity index (χ4n) is 2.58. The zero-order valence-electron chi connectivity index (χ0n) is 12.5. The van der Waals surface area contributed by atoms with Gasteiger partial charge in [-0.3, -0.25) is 4.68 Å². The maximum Gasteiger partial charge on any atom is 0.0641 e. The number of rotatable bonds is 5. The van der Waals surface area contributed by atoms with Crippen molar-refractivity contribution < 1.29 is 0 Å². The highest BCUT2D eigenvalue weighted by Gasteiger charge is 2.16. The van der Waals surface area contributed by atoms with E-state index in [0.29, 0.717) is 6.04 Å². The molecular formula is C16H22BrN3. The zero-order valence-corrected chi connectivity index (χ0v) is 14.1. The minimum absolute atomic E-state index is 0.289. The van der Waals surface area contributed by atoms with Crippen LogP contribution in [0, 0.1) is 6.92 Å². The highest BCUT2D eigenvalue weighted by atomic mass is 79.9. The molecule has 0 saturated carbocycles. The quantitative estimate of drug-likeness (QED) is 0.883. The highest BCUT2D eigenvalue weighted by molar-refractivity contribution is 9.10. The number of aryl methyl sites for hydroxylation is 2. The number of benzene rings is 1. The minimum Gasteiger partial charge on any atom is -0.303 e. The highest BCUT2D eigenvalue weighted by Crippen LogP contribution is 2.24. The summed E-state index contributed by atoms with van der Waals surface area (Å²) in [6.45, 7) is 6.47. The van der Waals surface area contributed by atoms with Gasteiger partial charge in [0.2, 0.25) is 0 Å². The molecule has 0 aliphatic heterocycles. The van der Waals surface area contributed by atoms with Crippen LogP contribution in [0.4, 0.5) is 0 Å². The first kappa shape index (κ1) is 15.3. The van der Waals surface area contributed by atoms with Crippen LogP contribution in [0.3, 0.4) is 0 Å². The van der Waals surface area contributed by atoms with Crippen molar-refractivity contribution in [1.82, 2.24) is 15.1 Å². The van der Waals surface area contributed by atoms with Crippen LogP contribution in [-0.2, 0) is 7.05 Å². The van der Waals surface area contributed by atoms with Crippen molar-refractivity contribution in [2.75, 3.05) is 0 Å². The molecule has 2 unspecified atom stereocenters. The van der Waals surface area contributed by atoms with Crippen molar-refractivity contribution in [3.05, 3.63) is 51.8 Å². The Morgan fingerprint density at radius 3 is 2.45 bits per heavy atom. The van der Waals surface area contributed by atoms with Gasteiger partial charge in [0.25, 0.3) is 0 Å². The molecule has 4 heteroatoms. The van der Waals surface area contributed by atoms with E-state index in [1.54, 1.807) is 0 Å². The average Bonchev–Trinajstić information content (AvgIpc) is 2.76. The Balaban J connectivity index is 2.13.